The lowest BCUT2D eigenvalue weighted by atomic mass is 9.85. The van der Waals surface area contributed by atoms with E-state index in [1.165, 1.54) is 6.20 Å². The predicted octanol–water partition coefficient (Wildman–Crippen LogP) is 2.36. The molecule has 4 rings (SSSR count). The third-order valence-corrected chi connectivity index (χ3v) is 5.76. The van der Waals surface area contributed by atoms with Crippen LogP contribution in [0.25, 0.3) is 0 Å². The van der Waals surface area contributed by atoms with Crippen molar-refractivity contribution in [3.05, 3.63) is 53.9 Å². The first-order chi connectivity index (χ1) is 13.7. The van der Waals surface area contributed by atoms with Gasteiger partial charge in [0.05, 0.1) is 18.8 Å². The van der Waals surface area contributed by atoms with Crippen LogP contribution in [0.4, 0.5) is 0 Å². The van der Waals surface area contributed by atoms with Crippen molar-refractivity contribution in [1.29, 1.82) is 0 Å². The molecule has 4 atom stereocenters. The molecule has 2 fully saturated rings. The van der Waals surface area contributed by atoms with Crippen LogP contribution in [0.3, 0.4) is 0 Å². The average Bonchev–Trinajstić information content (AvgIpc) is 3.36. The Hall–Kier alpha value is -2.67. The smallest absolute Gasteiger partial charge is 0.324 e. The normalized spacial score (nSPS) is 27.2. The average molecular weight is 383 g/mol. The van der Waals surface area contributed by atoms with Gasteiger partial charge in [-0.15, -0.1) is 0 Å². The van der Waals surface area contributed by atoms with E-state index >= 15 is 0 Å². The fourth-order valence-corrected chi connectivity index (χ4v) is 4.67. The summed E-state index contributed by atoms with van der Waals surface area (Å²) in [6, 6.07) is 10.9. The highest BCUT2D eigenvalue weighted by molar-refractivity contribution is 5.91. The molecule has 0 bridgehead atoms. The summed E-state index contributed by atoms with van der Waals surface area (Å²) in [4.78, 5) is 27.9. The van der Waals surface area contributed by atoms with Crippen LogP contribution in [0.2, 0.25) is 0 Å². The number of amides is 1. The number of esters is 1. The molecule has 2 aliphatic heterocycles. The molecule has 2 aliphatic rings. The number of nitrogens with one attached hydrogen (secondary N) is 1. The number of fused-ring (bicyclic) bond motifs is 1. The van der Waals surface area contributed by atoms with Gasteiger partial charge in [0.2, 0.25) is 5.76 Å². The maximum absolute atomic E-state index is 12.9. The van der Waals surface area contributed by atoms with Gasteiger partial charge in [-0.1, -0.05) is 41.9 Å². The van der Waals surface area contributed by atoms with Crippen LogP contribution in [-0.2, 0) is 9.53 Å². The molecule has 1 aromatic carbocycles. The second-order valence-electron chi connectivity index (χ2n) is 7.31. The second-order valence-corrected chi connectivity index (χ2v) is 7.31. The molecule has 0 spiro atoms. The first kappa shape index (κ1) is 18.7. The molecule has 2 saturated heterocycles. The third-order valence-electron chi connectivity index (χ3n) is 5.76. The molecule has 1 amide bonds. The minimum atomic E-state index is -0.410. The molecule has 3 heterocycles. The van der Waals surface area contributed by atoms with Gasteiger partial charge in [0.1, 0.15) is 6.04 Å². The van der Waals surface area contributed by atoms with Gasteiger partial charge in [-0.3, -0.25) is 14.5 Å². The Labute approximate surface area is 164 Å². The lowest BCUT2D eigenvalue weighted by Gasteiger charge is -2.34. The summed E-state index contributed by atoms with van der Waals surface area (Å²) < 4.78 is 10.5. The summed E-state index contributed by atoms with van der Waals surface area (Å²) >= 11 is 0. The van der Waals surface area contributed by atoms with E-state index in [0.717, 1.165) is 31.4 Å². The van der Waals surface area contributed by atoms with E-state index in [1.807, 2.05) is 37.3 Å². The minimum Gasteiger partial charge on any atom is -0.465 e. The first-order valence-corrected chi connectivity index (χ1v) is 9.89. The summed E-state index contributed by atoms with van der Waals surface area (Å²) in [5.74, 6) is -0.540. The zero-order valence-electron chi connectivity index (χ0n) is 15.9. The van der Waals surface area contributed by atoms with Crippen molar-refractivity contribution < 1.29 is 18.8 Å². The molecule has 1 N–H and O–H groups in total. The Morgan fingerprint density at radius 1 is 1.25 bits per heavy atom. The second kappa shape index (κ2) is 8.14. The number of hydrogen-bond acceptors (Lipinski definition) is 6. The van der Waals surface area contributed by atoms with Gasteiger partial charge >= 0.3 is 5.97 Å². The van der Waals surface area contributed by atoms with Gasteiger partial charge in [0, 0.05) is 18.0 Å². The SMILES string of the molecule is CCOC(=O)[C@@H]1[C@H](c2ccccc2)[C@@H](NC(=O)c2ccno2)[C@H]2CCCCN21. The van der Waals surface area contributed by atoms with Crippen molar-refractivity contribution >= 4 is 11.9 Å². The fraction of sp³-hybridized carbons (Fsp3) is 0.476. The Morgan fingerprint density at radius 3 is 2.79 bits per heavy atom. The van der Waals surface area contributed by atoms with E-state index in [-0.39, 0.29) is 35.6 Å². The molecule has 2 aromatic rings. The molecule has 0 unspecified atom stereocenters. The Balaban J connectivity index is 1.71. The number of rotatable bonds is 5. The van der Waals surface area contributed by atoms with Crippen molar-refractivity contribution in [3.63, 3.8) is 0 Å². The van der Waals surface area contributed by atoms with Crippen molar-refractivity contribution in [2.75, 3.05) is 13.2 Å². The van der Waals surface area contributed by atoms with Crippen LogP contribution in [0.5, 0.6) is 0 Å². The van der Waals surface area contributed by atoms with Crippen LogP contribution in [0.15, 0.2) is 47.1 Å². The number of carbonyl (C=O) groups is 2. The lowest BCUT2D eigenvalue weighted by molar-refractivity contribution is -0.149. The highest BCUT2D eigenvalue weighted by atomic mass is 16.5. The quantitative estimate of drug-likeness (QED) is 0.798. The summed E-state index contributed by atoms with van der Waals surface area (Å²) in [6.45, 7) is 2.98. The number of hydrogen-bond donors (Lipinski definition) is 1. The number of benzene rings is 1. The van der Waals surface area contributed by atoms with E-state index < -0.39 is 6.04 Å². The van der Waals surface area contributed by atoms with Crippen LogP contribution in [0.1, 0.15) is 48.2 Å². The van der Waals surface area contributed by atoms with Crippen molar-refractivity contribution in [2.24, 2.45) is 0 Å². The zero-order chi connectivity index (χ0) is 19.5. The van der Waals surface area contributed by atoms with E-state index in [9.17, 15) is 9.59 Å². The summed E-state index contributed by atoms with van der Waals surface area (Å²) in [7, 11) is 0. The molecule has 0 aliphatic carbocycles. The van der Waals surface area contributed by atoms with Gasteiger partial charge in [-0.25, -0.2) is 0 Å². The maximum atomic E-state index is 12.9. The zero-order valence-corrected chi connectivity index (χ0v) is 15.9. The Morgan fingerprint density at radius 2 is 2.07 bits per heavy atom. The van der Waals surface area contributed by atoms with Crippen LogP contribution in [0, 0.1) is 0 Å². The lowest BCUT2D eigenvalue weighted by Crippen LogP contribution is -2.49. The predicted molar refractivity (Wildman–Crippen MR) is 102 cm³/mol. The number of piperidine rings is 1. The van der Waals surface area contributed by atoms with E-state index in [1.54, 1.807) is 6.07 Å². The van der Waals surface area contributed by atoms with Crippen LogP contribution >= 0.6 is 0 Å². The first-order valence-electron chi connectivity index (χ1n) is 9.89. The number of nitrogens with zero attached hydrogens (tertiary/aromatic N) is 2. The van der Waals surface area contributed by atoms with Gasteiger partial charge in [0.15, 0.2) is 0 Å². The molecule has 7 nitrogen and oxygen atoms in total. The Bertz CT molecular complexity index is 808. The molecular formula is C21H25N3O4. The fourth-order valence-electron chi connectivity index (χ4n) is 4.67. The van der Waals surface area contributed by atoms with E-state index in [2.05, 4.69) is 15.4 Å². The number of ether oxygens (including phenoxy) is 1. The molecule has 1 aromatic heterocycles. The Kier molecular flexibility index (Phi) is 5.43. The standard InChI is InChI=1S/C21H25N3O4/c1-2-27-21(26)19-17(14-8-4-3-5-9-14)18(15-10-6-7-13-24(15)19)23-20(25)16-11-12-22-28-16/h3-5,8-9,11-12,15,17-19H,2,6-7,10,13H2,1H3,(H,23,25)/t15-,17-,18+,19+/m1/s1. The van der Waals surface area contributed by atoms with Crippen LogP contribution in [-0.4, -0.2) is 53.2 Å². The largest absolute Gasteiger partial charge is 0.465 e. The van der Waals surface area contributed by atoms with E-state index in [0.29, 0.717) is 6.61 Å². The number of aromatic nitrogens is 1. The monoisotopic (exact) mass is 383 g/mol. The maximum Gasteiger partial charge on any atom is 0.324 e. The molecule has 0 saturated carbocycles. The van der Waals surface area contributed by atoms with E-state index in [4.69, 9.17) is 9.26 Å². The molecule has 0 radical (unpaired) electrons. The van der Waals surface area contributed by atoms with Crippen molar-refractivity contribution in [1.82, 2.24) is 15.4 Å². The van der Waals surface area contributed by atoms with Crippen molar-refractivity contribution in [3.8, 4) is 0 Å². The minimum absolute atomic E-state index is 0.0835. The van der Waals surface area contributed by atoms with Crippen molar-refractivity contribution in [2.45, 2.75) is 50.2 Å². The van der Waals surface area contributed by atoms with Gasteiger partial charge in [-0.05, 0) is 31.9 Å². The van der Waals surface area contributed by atoms with Gasteiger partial charge in [-0.2, -0.15) is 0 Å². The summed E-state index contributed by atoms with van der Waals surface area (Å²) in [5, 5.41) is 6.76. The molecular weight excluding hydrogens is 358 g/mol. The summed E-state index contributed by atoms with van der Waals surface area (Å²) in [6.07, 6.45) is 4.50. The third kappa shape index (κ3) is 3.42. The number of carbonyl (C=O) groups excluding carboxylic acids is 2. The topological polar surface area (TPSA) is 84.7 Å². The summed E-state index contributed by atoms with van der Waals surface area (Å²) in [5.41, 5.74) is 1.03. The highest BCUT2D eigenvalue weighted by Crippen LogP contribution is 2.42. The van der Waals surface area contributed by atoms with Gasteiger partial charge < -0.3 is 14.6 Å². The highest BCUT2D eigenvalue weighted by Gasteiger charge is 2.54. The molecule has 148 valence electrons. The molecule has 28 heavy (non-hydrogen) atoms. The van der Waals surface area contributed by atoms with Crippen LogP contribution < -0.4 is 5.32 Å². The molecule has 7 heteroatoms. The van der Waals surface area contributed by atoms with Gasteiger partial charge in [0.25, 0.3) is 5.91 Å².